The predicted molar refractivity (Wildman–Crippen MR) is 227 cm³/mol. The quantitative estimate of drug-likeness (QED) is 0.0608. The van der Waals surface area contributed by atoms with Gasteiger partial charge in [-0.2, -0.15) is 5.10 Å². The van der Waals surface area contributed by atoms with Gasteiger partial charge in [0.05, 0.1) is 12.7 Å². The Kier molecular flexibility index (Phi) is 10.5. The van der Waals surface area contributed by atoms with Crippen LogP contribution in [-0.2, 0) is 18.6 Å². The number of hydrogen-bond donors (Lipinski definition) is 3. The predicted octanol–water partition coefficient (Wildman–Crippen LogP) is 8.48. The molecule has 0 amide bonds. The molecular formula is C45H39IN8O. The first-order valence-corrected chi connectivity index (χ1v) is 19.2. The number of benzene rings is 5. The number of phenolic OH excluding ortho intramolecular Hbond substituents is 1. The van der Waals surface area contributed by atoms with Crippen molar-refractivity contribution in [3.8, 4) is 5.75 Å². The molecular weight excluding hydrogens is 795 g/mol. The topological polar surface area (TPSA) is 106 Å². The van der Waals surface area contributed by atoms with Crippen molar-refractivity contribution in [3.63, 3.8) is 0 Å². The van der Waals surface area contributed by atoms with Gasteiger partial charge in [0, 0.05) is 41.0 Å². The van der Waals surface area contributed by atoms with Gasteiger partial charge in [-0.15, -0.1) is 5.10 Å². The Morgan fingerprint density at radius 2 is 1.44 bits per heavy atom. The zero-order chi connectivity index (χ0) is 37.6. The maximum Gasteiger partial charge on any atom is 0.182 e. The molecule has 3 aromatic heterocycles. The number of rotatable bonds is 13. The Morgan fingerprint density at radius 3 is 2.07 bits per heavy atom. The normalized spacial score (nSPS) is 11.9. The Labute approximate surface area is 333 Å². The molecule has 0 atom stereocenters. The van der Waals surface area contributed by atoms with Crippen molar-refractivity contribution in [2.45, 2.75) is 18.6 Å². The van der Waals surface area contributed by atoms with Gasteiger partial charge in [0.1, 0.15) is 22.6 Å². The first-order chi connectivity index (χ1) is 27.0. The molecule has 10 heteroatoms. The van der Waals surface area contributed by atoms with Gasteiger partial charge in [0.25, 0.3) is 0 Å². The lowest BCUT2D eigenvalue weighted by atomic mass is 9.77. The van der Waals surface area contributed by atoms with Crippen LogP contribution in [0.4, 0.5) is 5.82 Å². The molecule has 9 nitrogen and oxygen atoms in total. The third kappa shape index (κ3) is 7.38. The highest BCUT2D eigenvalue weighted by Gasteiger charge is 2.41. The number of nitrogens with one attached hydrogen (secondary N) is 2. The lowest BCUT2D eigenvalue weighted by Crippen LogP contribution is -2.38. The van der Waals surface area contributed by atoms with Crippen LogP contribution in [0.15, 0.2) is 164 Å². The highest BCUT2D eigenvalue weighted by atomic mass is 127. The smallest absolute Gasteiger partial charge is 0.182 e. The summed E-state index contributed by atoms with van der Waals surface area (Å²) in [5, 5.41) is 31.8. The van der Waals surface area contributed by atoms with Gasteiger partial charge in [-0.25, -0.2) is 9.67 Å². The average Bonchev–Trinajstić information content (AvgIpc) is 3.87. The van der Waals surface area contributed by atoms with E-state index in [1.807, 2.05) is 65.2 Å². The van der Waals surface area contributed by atoms with E-state index in [0.717, 1.165) is 45.5 Å². The van der Waals surface area contributed by atoms with Crippen molar-refractivity contribution in [1.29, 1.82) is 0 Å². The zero-order valence-electron chi connectivity index (χ0n) is 30.2. The molecule has 0 aliphatic rings. The van der Waals surface area contributed by atoms with Crippen LogP contribution in [-0.4, -0.2) is 48.5 Å². The number of aromatic nitrogens is 6. The number of phenols is 1. The molecule has 0 aliphatic heterocycles. The van der Waals surface area contributed by atoms with Crippen molar-refractivity contribution in [2.24, 2.45) is 0 Å². The SMILES string of the molecule is CNc1cc(/C(=C/CNCc2cccc(I)c2)c2cnn(Cc3cccc(O)c3)c2)c2nnn(C(c3ccccc3)(c3ccccc3)c3ccccc3)c2n1. The van der Waals surface area contributed by atoms with E-state index in [-0.39, 0.29) is 5.75 Å². The van der Waals surface area contributed by atoms with Crippen LogP contribution in [0.25, 0.3) is 16.7 Å². The van der Waals surface area contributed by atoms with Gasteiger partial charge in [-0.3, -0.25) is 4.68 Å². The molecule has 0 radical (unpaired) electrons. The fourth-order valence-corrected chi connectivity index (χ4v) is 7.83. The Balaban J connectivity index is 1.31. The van der Waals surface area contributed by atoms with E-state index < -0.39 is 5.54 Å². The standard InChI is InChI=1S/C45H39IN8O/c1-47-42-27-41(40(23-24-48-28-32-13-11-21-38(46)25-32)34-29-49-53(31-34)30-33-14-12-22-39(55)26-33)43-44(50-42)54(52-51-43)45(35-15-5-2-6-16-35,36-17-7-3-8-18-36)37-19-9-4-10-20-37/h2-23,25-27,29,31,48,55H,24,28,30H2,1H3,(H,47,50)/b40-23+. The minimum absolute atomic E-state index is 0.226. The van der Waals surface area contributed by atoms with Crippen LogP contribution >= 0.6 is 22.6 Å². The van der Waals surface area contributed by atoms with Gasteiger partial charge in [0.2, 0.25) is 0 Å². The second kappa shape index (κ2) is 16.1. The van der Waals surface area contributed by atoms with E-state index in [2.05, 4.69) is 136 Å². The average molecular weight is 835 g/mol. The molecule has 0 saturated heterocycles. The van der Waals surface area contributed by atoms with Crippen LogP contribution in [0.2, 0.25) is 0 Å². The minimum atomic E-state index is -0.903. The van der Waals surface area contributed by atoms with E-state index in [9.17, 15) is 5.11 Å². The van der Waals surface area contributed by atoms with Crippen LogP contribution in [0.5, 0.6) is 5.75 Å². The fraction of sp³-hybridized carbons (Fsp3) is 0.111. The molecule has 5 aromatic carbocycles. The van der Waals surface area contributed by atoms with E-state index in [1.165, 1.54) is 9.13 Å². The summed E-state index contributed by atoms with van der Waals surface area (Å²) in [4.78, 5) is 5.19. The molecule has 0 bridgehead atoms. The van der Waals surface area contributed by atoms with Crippen molar-refractivity contribution in [1.82, 2.24) is 35.1 Å². The number of pyridine rings is 1. The lowest BCUT2D eigenvalue weighted by molar-refractivity contribution is 0.458. The van der Waals surface area contributed by atoms with E-state index in [1.54, 1.807) is 12.1 Å². The Bertz CT molecular complexity index is 2470. The molecule has 8 aromatic rings. The maximum absolute atomic E-state index is 10.1. The van der Waals surface area contributed by atoms with Crippen LogP contribution in [0, 0.1) is 3.57 Å². The molecule has 0 fully saturated rings. The molecule has 0 aliphatic carbocycles. The van der Waals surface area contributed by atoms with Crippen molar-refractivity contribution >= 4 is 45.1 Å². The molecule has 272 valence electrons. The van der Waals surface area contributed by atoms with Gasteiger partial charge in [0.15, 0.2) is 5.65 Å². The summed E-state index contributed by atoms with van der Waals surface area (Å²) in [6, 6.07) is 49.1. The van der Waals surface area contributed by atoms with Gasteiger partial charge < -0.3 is 15.7 Å². The maximum atomic E-state index is 10.1. The molecule has 8 rings (SSSR count). The molecule has 3 N–H and O–H groups in total. The number of hydrogen-bond acceptors (Lipinski definition) is 7. The zero-order valence-corrected chi connectivity index (χ0v) is 32.4. The van der Waals surface area contributed by atoms with Gasteiger partial charge in [-0.1, -0.05) is 127 Å². The van der Waals surface area contributed by atoms with E-state index >= 15 is 0 Å². The summed E-state index contributed by atoms with van der Waals surface area (Å²) in [5.41, 5.74) is 8.37. The summed E-state index contributed by atoms with van der Waals surface area (Å²) < 4.78 is 5.06. The number of nitrogens with zero attached hydrogens (tertiary/aromatic N) is 6. The van der Waals surface area contributed by atoms with Crippen LogP contribution in [0.3, 0.4) is 0 Å². The summed E-state index contributed by atoms with van der Waals surface area (Å²) in [6.45, 7) is 1.81. The van der Waals surface area contributed by atoms with Crippen molar-refractivity contribution < 1.29 is 5.11 Å². The number of anilines is 1. The second-order valence-electron chi connectivity index (χ2n) is 13.3. The fourth-order valence-electron chi connectivity index (χ4n) is 7.22. The first kappa shape index (κ1) is 35.9. The van der Waals surface area contributed by atoms with Crippen LogP contribution < -0.4 is 10.6 Å². The first-order valence-electron chi connectivity index (χ1n) is 18.1. The summed E-state index contributed by atoms with van der Waals surface area (Å²) in [5.74, 6) is 0.906. The second-order valence-corrected chi connectivity index (χ2v) is 14.5. The van der Waals surface area contributed by atoms with E-state index in [4.69, 9.17) is 20.4 Å². The Morgan fingerprint density at radius 1 is 0.782 bits per heavy atom. The number of fused-ring (bicyclic) bond motifs is 1. The number of halogens is 1. The monoisotopic (exact) mass is 834 g/mol. The largest absolute Gasteiger partial charge is 0.508 e. The third-order valence-electron chi connectivity index (χ3n) is 9.72. The lowest BCUT2D eigenvalue weighted by Gasteiger charge is -2.36. The molecule has 55 heavy (non-hydrogen) atoms. The van der Waals surface area contributed by atoms with Crippen molar-refractivity contribution in [3.05, 3.63) is 207 Å². The summed E-state index contributed by atoms with van der Waals surface area (Å²) in [7, 11) is 1.88. The minimum Gasteiger partial charge on any atom is -0.508 e. The number of aromatic hydroxyl groups is 1. The van der Waals surface area contributed by atoms with Crippen LogP contribution in [0.1, 0.15) is 38.9 Å². The molecule has 0 saturated carbocycles. The molecule has 0 unspecified atom stereocenters. The third-order valence-corrected chi connectivity index (χ3v) is 10.4. The Hall–Kier alpha value is -6.11. The van der Waals surface area contributed by atoms with Crippen molar-refractivity contribution in [2.75, 3.05) is 18.9 Å². The van der Waals surface area contributed by atoms with Gasteiger partial charge in [-0.05, 0) is 86.3 Å². The van der Waals surface area contributed by atoms with E-state index in [0.29, 0.717) is 30.1 Å². The highest BCUT2D eigenvalue weighted by molar-refractivity contribution is 14.1. The summed E-state index contributed by atoms with van der Waals surface area (Å²) >= 11 is 2.35. The van der Waals surface area contributed by atoms with Gasteiger partial charge >= 0.3 is 0 Å². The molecule has 3 heterocycles. The summed E-state index contributed by atoms with van der Waals surface area (Å²) in [6.07, 6.45) is 6.11. The highest BCUT2D eigenvalue weighted by Crippen LogP contribution is 2.42. The molecule has 0 spiro atoms.